The van der Waals surface area contributed by atoms with E-state index in [4.69, 9.17) is 14.6 Å². The molecule has 4 rings (SSSR count). The Bertz CT molecular complexity index is 1170. The van der Waals surface area contributed by atoms with Crippen LogP contribution in [-0.2, 0) is 16.2 Å². The average Bonchev–Trinajstić information content (AvgIpc) is 3.13. The van der Waals surface area contributed by atoms with Gasteiger partial charge in [0.2, 0.25) is 0 Å². The van der Waals surface area contributed by atoms with Crippen LogP contribution in [0.3, 0.4) is 0 Å². The zero-order valence-corrected chi connectivity index (χ0v) is 21.1. The number of aliphatic carboxylic acids is 1. The van der Waals surface area contributed by atoms with E-state index in [0.29, 0.717) is 16.7 Å². The van der Waals surface area contributed by atoms with Crippen LogP contribution >= 0.6 is 11.8 Å². The number of amidine groups is 1. The van der Waals surface area contributed by atoms with Crippen molar-refractivity contribution >= 4 is 71.3 Å². The fourth-order valence-electron chi connectivity index (χ4n) is 2.83. The molecular weight excluding hydrogens is 447 g/mol. The van der Waals surface area contributed by atoms with E-state index < -0.39 is 5.97 Å². The maximum absolute atomic E-state index is 12.4. The van der Waals surface area contributed by atoms with Crippen LogP contribution in [0, 0.1) is 0 Å². The molecule has 162 valence electrons. The van der Waals surface area contributed by atoms with E-state index in [0.717, 1.165) is 57.4 Å². The number of benzene rings is 3. The number of carbonyl (C=O) groups excluding carboxylic acids is 1. The summed E-state index contributed by atoms with van der Waals surface area (Å²) >= 11 is 2.36. The van der Waals surface area contributed by atoms with E-state index >= 15 is 0 Å². The third-order valence-corrected chi connectivity index (χ3v) is 5.93. The van der Waals surface area contributed by atoms with Crippen molar-refractivity contribution < 1.29 is 19.4 Å². The molecule has 33 heavy (non-hydrogen) atoms. The molecule has 0 saturated carbocycles. The molecule has 0 spiro atoms. The summed E-state index contributed by atoms with van der Waals surface area (Å²) in [6, 6.07) is 25.9. The number of thioether (sulfide) groups is 1. The van der Waals surface area contributed by atoms with Crippen LogP contribution in [0.25, 0.3) is 6.08 Å². The Labute approximate surface area is 214 Å². The van der Waals surface area contributed by atoms with Gasteiger partial charge in [0, 0.05) is 6.92 Å². The molecule has 0 aromatic heterocycles. The third-order valence-electron chi connectivity index (χ3n) is 4.37. The van der Waals surface area contributed by atoms with E-state index in [1.54, 1.807) is 0 Å². The first kappa shape index (κ1) is 24.8. The third kappa shape index (κ3) is 8.22. The molecule has 0 atom stereocenters. The second kappa shape index (κ2) is 12.4. The molecule has 6 nitrogen and oxygen atoms in total. The van der Waals surface area contributed by atoms with Crippen LogP contribution in [-0.4, -0.2) is 50.1 Å². The Kier molecular flexibility index (Phi) is 9.33. The molecule has 2 N–H and O–H groups in total. The van der Waals surface area contributed by atoms with Crippen molar-refractivity contribution in [3.05, 3.63) is 94.9 Å². The molecule has 1 aliphatic rings. The number of amides is 1. The first-order chi connectivity index (χ1) is 15.9. The van der Waals surface area contributed by atoms with Gasteiger partial charge in [-0.05, 0) is 5.56 Å². The van der Waals surface area contributed by atoms with Crippen LogP contribution in [0.15, 0.2) is 88.8 Å². The van der Waals surface area contributed by atoms with E-state index in [9.17, 15) is 4.79 Å². The number of ether oxygens (including phenoxy) is 1. The quantitative estimate of drug-likeness (QED) is 0.430. The van der Waals surface area contributed by atoms with Gasteiger partial charge in [-0.25, -0.2) is 0 Å². The molecule has 0 saturated heterocycles. The molecule has 3 aromatic rings. The fourth-order valence-corrected chi connectivity index (χ4v) is 3.99. The molecule has 0 bridgehead atoms. The average molecular weight is 469 g/mol. The van der Waals surface area contributed by atoms with Crippen LogP contribution < -0.4 is 12.9 Å². The summed E-state index contributed by atoms with van der Waals surface area (Å²) < 4.78 is 7.31. The van der Waals surface area contributed by atoms with Gasteiger partial charge in [-0.15, -0.1) is 0 Å². The minimum absolute atomic E-state index is 0.241. The summed E-state index contributed by atoms with van der Waals surface area (Å²) in [6.07, 6.45) is 1.84. The van der Waals surface area contributed by atoms with Crippen LogP contribution in [0.4, 0.5) is 5.69 Å². The molecular formula is C25H21N2NaO4S. The van der Waals surface area contributed by atoms with Crippen molar-refractivity contribution in [2.45, 2.75) is 13.5 Å². The molecule has 0 radical (unpaired) electrons. The Balaban J connectivity index is 0.000000709. The van der Waals surface area contributed by atoms with Gasteiger partial charge in [0.05, 0.1) is 0 Å². The molecule has 1 amide bonds. The summed E-state index contributed by atoms with van der Waals surface area (Å²) in [7, 11) is 0. The van der Waals surface area contributed by atoms with E-state index in [2.05, 4.69) is 22.4 Å². The number of hydrogen-bond donors (Lipinski definition) is 2. The Morgan fingerprint density at radius 1 is 1.06 bits per heavy atom. The number of rotatable bonds is 5. The Morgan fingerprint density at radius 2 is 1.70 bits per heavy atom. The number of carboxylic acid groups (broad SMARTS) is 1. The van der Waals surface area contributed by atoms with Gasteiger partial charge in [0.15, 0.2) is 0 Å². The molecule has 0 aliphatic carbocycles. The standard InChI is InChI=1S/C23H17N2O2S.C2H4O2.Na/c26-22-21(28-23(25-22)24-19-12-5-2-6-13-19)15-18-11-7-8-14-20(18)27-16-17-9-3-1-4-10-17;1-2(3)4;/h1,3-15H,16H2,(H,24,25,26);1H3,(H,3,4);. The van der Waals surface area contributed by atoms with Crippen LogP contribution in [0.5, 0.6) is 5.75 Å². The number of aliphatic imine (C=N–C) groups is 1. The van der Waals surface area contributed by atoms with Gasteiger partial charge in [-0.3, -0.25) is 4.79 Å². The Morgan fingerprint density at radius 3 is 2.39 bits per heavy atom. The van der Waals surface area contributed by atoms with Crippen molar-refractivity contribution in [3.8, 4) is 5.75 Å². The van der Waals surface area contributed by atoms with Gasteiger partial charge in [0.1, 0.15) is 6.61 Å². The second-order valence-corrected chi connectivity index (χ2v) is 9.34. The van der Waals surface area contributed by atoms with E-state index in [1.165, 1.54) is 14.6 Å². The fraction of sp³-hybridized carbons (Fsp3) is 0.0800. The van der Waals surface area contributed by atoms with Crippen LogP contribution in [0.1, 0.15) is 18.1 Å². The summed E-state index contributed by atoms with van der Waals surface area (Å²) in [4.78, 5) is 26.1. The van der Waals surface area contributed by atoms with Gasteiger partial charge >= 0.3 is 144 Å². The summed E-state index contributed by atoms with van der Waals surface area (Å²) in [5, 5.41) is 11.2. The van der Waals surface area contributed by atoms with Crippen molar-refractivity contribution in [1.29, 1.82) is 0 Å². The topological polar surface area (TPSA) is 88.0 Å². The number of carbonyl (C=O) groups is 2. The number of hydrogen-bond acceptors (Lipinski definition) is 5. The minimum Gasteiger partial charge on any atom is -0.0622 e. The molecule has 1 aliphatic heterocycles. The number of nitrogens with zero attached hydrogens (tertiary/aromatic N) is 1. The first-order valence-electron chi connectivity index (χ1n) is 10.2. The maximum atomic E-state index is 12.4. The van der Waals surface area contributed by atoms with Crippen molar-refractivity contribution in [1.82, 2.24) is 0 Å². The van der Waals surface area contributed by atoms with Crippen molar-refractivity contribution in [2.75, 3.05) is 5.32 Å². The number of carboxylic acids is 1. The SMILES string of the molecule is CC(=O)O.O=C1N=C(Nc2cc[c]([Na])cc2)SC1=Cc1ccccc1OCc1ccccc1. The first-order valence-corrected chi connectivity index (χ1v) is 12.0. The number of nitrogens with one attached hydrogen (secondary N) is 1. The van der Waals surface area contributed by atoms with Crippen molar-refractivity contribution in [2.24, 2.45) is 4.99 Å². The summed E-state index contributed by atoms with van der Waals surface area (Å²) in [6.45, 7) is 1.56. The van der Waals surface area contributed by atoms with E-state index in [1.807, 2.05) is 72.8 Å². The molecule has 1 heterocycles. The molecule has 8 heteroatoms. The van der Waals surface area contributed by atoms with Crippen molar-refractivity contribution in [3.63, 3.8) is 0 Å². The van der Waals surface area contributed by atoms with Gasteiger partial charge < -0.3 is 5.11 Å². The number of para-hydroxylation sites is 1. The molecule has 3 aromatic carbocycles. The zero-order chi connectivity index (χ0) is 23.6. The summed E-state index contributed by atoms with van der Waals surface area (Å²) in [5.41, 5.74) is 2.88. The van der Waals surface area contributed by atoms with Gasteiger partial charge in [-0.1, -0.05) is 36.4 Å². The zero-order valence-electron chi connectivity index (χ0n) is 18.3. The minimum atomic E-state index is -0.833. The Hall–Kier alpha value is -2.84. The van der Waals surface area contributed by atoms with Crippen LogP contribution in [0.2, 0.25) is 0 Å². The smallest absolute Gasteiger partial charge is 0.0622 e. The number of anilines is 1. The predicted octanol–water partition coefficient (Wildman–Crippen LogP) is 4.23. The normalized spacial score (nSPS) is 13.7. The van der Waals surface area contributed by atoms with Gasteiger partial charge in [-0.2, -0.15) is 0 Å². The van der Waals surface area contributed by atoms with Gasteiger partial charge in [0.25, 0.3) is 5.97 Å². The monoisotopic (exact) mass is 468 g/mol. The molecule has 0 unspecified atom stereocenters. The second-order valence-electron chi connectivity index (χ2n) is 7.15. The van der Waals surface area contributed by atoms with E-state index in [-0.39, 0.29) is 5.91 Å². The predicted molar refractivity (Wildman–Crippen MR) is 134 cm³/mol. The molecule has 0 fully saturated rings. The summed E-state index contributed by atoms with van der Waals surface area (Å²) in [5.74, 6) is -0.337.